The van der Waals surface area contributed by atoms with E-state index in [1.54, 1.807) is 19.1 Å². The molecule has 2 N–H and O–H groups in total. The molecule has 0 aliphatic carbocycles. The Balaban J connectivity index is 3.24. The maximum atomic E-state index is 12.3. The van der Waals surface area contributed by atoms with Gasteiger partial charge in [0.15, 0.2) is 0 Å². The number of nitrogens with two attached hydrogens (primary N) is 1. The zero-order valence-corrected chi connectivity index (χ0v) is 7.97. The van der Waals surface area contributed by atoms with E-state index in [4.69, 9.17) is 11.0 Å². The van der Waals surface area contributed by atoms with Crippen LogP contribution in [0.2, 0.25) is 0 Å². The molecule has 0 amide bonds. The maximum Gasteiger partial charge on any atom is 0.407 e. The largest absolute Gasteiger partial charge is 0.407 e. The van der Waals surface area contributed by atoms with Gasteiger partial charge in [0.25, 0.3) is 0 Å². The zero-order chi connectivity index (χ0) is 11.6. The Labute approximate surface area is 85.1 Å². The van der Waals surface area contributed by atoms with Gasteiger partial charge in [0, 0.05) is 0 Å². The molecule has 0 aliphatic heterocycles. The van der Waals surface area contributed by atoms with Gasteiger partial charge in [-0.3, -0.25) is 0 Å². The maximum absolute atomic E-state index is 12.3. The van der Waals surface area contributed by atoms with Crippen LogP contribution in [0.4, 0.5) is 13.2 Å². The van der Waals surface area contributed by atoms with Gasteiger partial charge >= 0.3 is 6.18 Å². The molecule has 1 aromatic carbocycles. The fraction of sp³-hybridized carbons (Fsp3) is 0.300. The van der Waals surface area contributed by atoms with Crippen molar-refractivity contribution in [1.29, 1.82) is 5.26 Å². The molecule has 0 radical (unpaired) electrons. The molecule has 0 saturated carbocycles. The van der Waals surface area contributed by atoms with Crippen LogP contribution in [0, 0.1) is 18.3 Å². The van der Waals surface area contributed by atoms with Crippen LogP contribution in [0.25, 0.3) is 0 Å². The van der Waals surface area contributed by atoms with E-state index in [9.17, 15) is 13.2 Å². The molecule has 1 atom stereocenters. The van der Waals surface area contributed by atoms with Crippen molar-refractivity contribution in [2.45, 2.75) is 19.1 Å². The lowest BCUT2D eigenvalue weighted by molar-refractivity contribution is -0.149. The van der Waals surface area contributed by atoms with Crippen LogP contribution in [0.15, 0.2) is 18.2 Å². The van der Waals surface area contributed by atoms with Gasteiger partial charge in [0.1, 0.15) is 6.04 Å². The van der Waals surface area contributed by atoms with Gasteiger partial charge in [-0.2, -0.15) is 18.4 Å². The second-order valence-corrected chi connectivity index (χ2v) is 3.22. The predicted molar refractivity (Wildman–Crippen MR) is 48.9 cm³/mol. The molecule has 0 spiro atoms. The summed E-state index contributed by atoms with van der Waals surface area (Å²) in [5.41, 5.74) is 5.47. The van der Waals surface area contributed by atoms with E-state index < -0.39 is 12.2 Å². The number of alkyl halides is 3. The monoisotopic (exact) mass is 214 g/mol. The number of nitrogens with zero attached hydrogens (tertiary/aromatic N) is 1. The molecule has 1 rings (SSSR count). The molecule has 0 saturated heterocycles. The van der Waals surface area contributed by atoms with Crippen molar-refractivity contribution in [2.24, 2.45) is 5.73 Å². The van der Waals surface area contributed by atoms with Gasteiger partial charge in [0.2, 0.25) is 0 Å². The molecule has 0 aliphatic rings. The number of rotatable bonds is 1. The highest BCUT2D eigenvalue weighted by Crippen LogP contribution is 2.32. The highest BCUT2D eigenvalue weighted by atomic mass is 19.4. The van der Waals surface area contributed by atoms with Gasteiger partial charge in [-0.15, -0.1) is 0 Å². The van der Waals surface area contributed by atoms with E-state index in [1.165, 1.54) is 12.1 Å². The van der Waals surface area contributed by atoms with Crippen molar-refractivity contribution in [2.75, 3.05) is 0 Å². The number of benzene rings is 1. The Bertz CT molecular complexity index is 404. The minimum Gasteiger partial charge on any atom is -0.316 e. The summed E-state index contributed by atoms with van der Waals surface area (Å²) in [6.45, 7) is 1.65. The number of nitriles is 1. The Morgan fingerprint density at radius 1 is 1.40 bits per heavy atom. The van der Waals surface area contributed by atoms with Crippen molar-refractivity contribution in [3.63, 3.8) is 0 Å². The average molecular weight is 214 g/mol. The number of halogens is 3. The average Bonchev–Trinajstić information content (AvgIpc) is 2.15. The SMILES string of the molecule is Cc1ccc(C#N)c([C@H](N)C(F)(F)F)c1. The first-order valence-electron chi connectivity index (χ1n) is 4.19. The molecule has 0 unspecified atom stereocenters. The summed E-state index contributed by atoms with van der Waals surface area (Å²) >= 11 is 0. The standard InChI is InChI=1S/C10H9F3N2/c1-6-2-3-7(5-14)8(4-6)9(15)10(11,12)13/h2-4,9H,15H2,1H3/t9-/m0/s1. The summed E-state index contributed by atoms with van der Waals surface area (Å²) in [5.74, 6) is 0. The highest BCUT2D eigenvalue weighted by molar-refractivity contribution is 5.42. The normalized spacial score (nSPS) is 13.3. The number of aryl methyl sites for hydroxylation is 1. The highest BCUT2D eigenvalue weighted by Gasteiger charge is 2.39. The van der Waals surface area contributed by atoms with Crippen molar-refractivity contribution < 1.29 is 13.2 Å². The number of hydrogen-bond donors (Lipinski definition) is 1. The smallest absolute Gasteiger partial charge is 0.316 e. The van der Waals surface area contributed by atoms with Crippen LogP contribution in [0.5, 0.6) is 0 Å². The molecule has 0 bridgehead atoms. The summed E-state index contributed by atoms with van der Waals surface area (Å²) in [4.78, 5) is 0. The van der Waals surface area contributed by atoms with E-state index in [1.807, 2.05) is 0 Å². The Hall–Kier alpha value is -1.54. The third-order valence-corrected chi connectivity index (χ3v) is 2.02. The lowest BCUT2D eigenvalue weighted by Gasteiger charge is -2.17. The van der Waals surface area contributed by atoms with Crippen molar-refractivity contribution in [1.82, 2.24) is 0 Å². The molecular weight excluding hydrogens is 205 g/mol. The van der Waals surface area contributed by atoms with Crippen molar-refractivity contribution in [3.05, 3.63) is 34.9 Å². The van der Waals surface area contributed by atoms with E-state index >= 15 is 0 Å². The fourth-order valence-electron chi connectivity index (χ4n) is 1.22. The van der Waals surface area contributed by atoms with Gasteiger partial charge in [-0.1, -0.05) is 17.7 Å². The van der Waals surface area contributed by atoms with Crippen LogP contribution < -0.4 is 5.73 Å². The fourth-order valence-corrected chi connectivity index (χ4v) is 1.22. The van der Waals surface area contributed by atoms with E-state index in [-0.39, 0.29) is 11.1 Å². The Kier molecular flexibility index (Phi) is 3.01. The van der Waals surface area contributed by atoms with E-state index in [2.05, 4.69) is 0 Å². The molecule has 2 nitrogen and oxygen atoms in total. The Morgan fingerprint density at radius 2 is 2.00 bits per heavy atom. The van der Waals surface area contributed by atoms with Gasteiger partial charge in [-0.25, -0.2) is 0 Å². The molecule has 1 aromatic rings. The van der Waals surface area contributed by atoms with Crippen LogP contribution in [-0.2, 0) is 0 Å². The molecule has 0 aromatic heterocycles. The van der Waals surface area contributed by atoms with Gasteiger partial charge < -0.3 is 5.73 Å². The molecule has 5 heteroatoms. The second kappa shape index (κ2) is 3.91. The van der Waals surface area contributed by atoms with Gasteiger partial charge in [0.05, 0.1) is 11.6 Å². The first-order valence-corrected chi connectivity index (χ1v) is 4.19. The third kappa shape index (κ3) is 2.48. The van der Waals surface area contributed by atoms with Crippen LogP contribution >= 0.6 is 0 Å². The quantitative estimate of drug-likeness (QED) is 0.780. The van der Waals surface area contributed by atoms with Gasteiger partial charge in [-0.05, 0) is 18.6 Å². The first-order chi connectivity index (χ1) is 6.86. The zero-order valence-electron chi connectivity index (χ0n) is 7.97. The summed E-state index contributed by atoms with van der Waals surface area (Å²) in [6, 6.07) is 3.80. The number of hydrogen-bond acceptors (Lipinski definition) is 2. The van der Waals surface area contributed by atoms with Crippen molar-refractivity contribution >= 4 is 0 Å². The third-order valence-electron chi connectivity index (χ3n) is 2.02. The topological polar surface area (TPSA) is 49.8 Å². The summed E-state index contributed by atoms with van der Waals surface area (Å²) in [7, 11) is 0. The predicted octanol–water partition coefficient (Wildman–Crippen LogP) is 2.43. The molecule has 15 heavy (non-hydrogen) atoms. The van der Waals surface area contributed by atoms with Crippen LogP contribution in [0.1, 0.15) is 22.7 Å². The first kappa shape index (κ1) is 11.5. The van der Waals surface area contributed by atoms with E-state index in [0.29, 0.717) is 5.56 Å². The lowest BCUT2D eigenvalue weighted by Crippen LogP contribution is -2.29. The second-order valence-electron chi connectivity index (χ2n) is 3.22. The van der Waals surface area contributed by atoms with E-state index in [0.717, 1.165) is 0 Å². The molecule has 80 valence electrons. The van der Waals surface area contributed by atoms with Crippen LogP contribution in [0.3, 0.4) is 0 Å². The van der Waals surface area contributed by atoms with Crippen molar-refractivity contribution in [3.8, 4) is 6.07 Å². The Morgan fingerprint density at radius 3 is 2.47 bits per heavy atom. The molecule has 0 fully saturated rings. The van der Waals surface area contributed by atoms with Crippen LogP contribution in [-0.4, -0.2) is 6.18 Å². The lowest BCUT2D eigenvalue weighted by atomic mass is 9.99. The summed E-state index contributed by atoms with van der Waals surface area (Å²) < 4.78 is 37.0. The summed E-state index contributed by atoms with van der Waals surface area (Å²) in [5, 5.41) is 8.65. The minimum atomic E-state index is -4.53. The minimum absolute atomic E-state index is 0.0366. The molecular formula is C10H9F3N2. The molecule has 0 heterocycles. The summed E-state index contributed by atoms with van der Waals surface area (Å²) in [6.07, 6.45) is -4.53.